The number of rotatable bonds is 7. The van der Waals surface area contributed by atoms with Gasteiger partial charge in [-0.05, 0) is 80.6 Å². The summed E-state index contributed by atoms with van der Waals surface area (Å²) in [5.74, 6) is -1.04. The van der Waals surface area contributed by atoms with Gasteiger partial charge < -0.3 is 19.7 Å². The molecule has 1 fully saturated rings. The van der Waals surface area contributed by atoms with E-state index in [0.29, 0.717) is 29.2 Å². The fourth-order valence-electron chi connectivity index (χ4n) is 5.13. The van der Waals surface area contributed by atoms with Gasteiger partial charge in [-0.3, -0.25) is 14.5 Å². The van der Waals surface area contributed by atoms with Crippen LogP contribution in [0.15, 0.2) is 84.4 Å². The van der Waals surface area contributed by atoms with Gasteiger partial charge in [-0.1, -0.05) is 42.5 Å². The van der Waals surface area contributed by atoms with Gasteiger partial charge >= 0.3 is 0 Å². The van der Waals surface area contributed by atoms with Crippen LogP contribution in [0.2, 0.25) is 0 Å². The smallest absolute Gasteiger partial charge is 0.300 e. The number of anilines is 1. The number of benzene rings is 4. The van der Waals surface area contributed by atoms with Crippen molar-refractivity contribution >= 4 is 33.9 Å². The highest BCUT2D eigenvalue weighted by Crippen LogP contribution is 2.45. The molecule has 1 amide bonds. The molecule has 40 heavy (non-hydrogen) atoms. The zero-order valence-electron chi connectivity index (χ0n) is 22.8. The van der Waals surface area contributed by atoms with E-state index in [2.05, 4.69) is 0 Å². The average Bonchev–Trinajstić information content (AvgIpc) is 3.20. The van der Waals surface area contributed by atoms with E-state index in [9.17, 15) is 19.8 Å². The van der Waals surface area contributed by atoms with Gasteiger partial charge in [0.2, 0.25) is 0 Å². The van der Waals surface area contributed by atoms with Crippen molar-refractivity contribution in [2.75, 3.05) is 11.5 Å². The Labute approximate surface area is 232 Å². The molecule has 1 unspecified atom stereocenters. The van der Waals surface area contributed by atoms with Crippen molar-refractivity contribution in [1.29, 1.82) is 0 Å². The van der Waals surface area contributed by atoms with Crippen LogP contribution in [0, 0.1) is 6.92 Å². The average molecular weight is 538 g/mol. The topological polar surface area (TPSA) is 96.3 Å². The van der Waals surface area contributed by atoms with Crippen molar-refractivity contribution in [3.05, 3.63) is 101 Å². The van der Waals surface area contributed by atoms with Crippen molar-refractivity contribution < 1.29 is 29.3 Å². The Morgan fingerprint density at radius 2 is 1.70 bits per heavy atom. The van der Waals surface area contributed by atoms with Gasteiger partial charge in [0, 0.05) is 10.9 Å². The summed E-state index contributed by atoms with van der Waals surface area (Å²) in [6.45, 7) is 7.81. The molecule has 7 nitrogen and oxygen atoms in total. The van der Waals surface area contributed by atoms with Crippen molar-refractivity contribution in [3.8, 4) is 17.2 Å². The molecule has 4 aromatic rings. The number of hydrogen-bond donors (Lipinski definition) is 2. The summed E-state index contributed by atoms with van der Waals surface area (Å²) in [5.41, 5.74) is 2.15. The van der Waals surface area contributed by atoms with Gasteiger partial charge in [-0.2, -0.15) is 0 Å². The number of aryl methyl sites for hydroxylation is 1. The summed E-state index contributed by atoms with van der Waals surface area (Å²) >= 11 is 0. The molecule has 1 heterocycles. The third-order valence-corrected chi connectivity index (χ3v) is 6.88. The maximum atomic E-state index is 13.7. The molecule has 4 aromatic carbocycles. The van der Waals surface area contributed by atoms with Crippen LogP contribution in [-0.2, 0) is 9.59 Å². The molecule has 0 aromatic heterocycles. The van der Waals surface area contributed by atoms with Crippen LogP contribution in [-0.4, -0.2) is 34.6 Å². The number of carbonyl (C=O) groups excluding carboxylic acids is 2. The molecule has 0 spiro atoms. The monoisotopic (exact) mass is 537 g/mol. The van der Waals surface area contributed by atoms with E-state index in [1.54, 1.807) is 43.3 Å². The summed E-state index contributed by atoms with van der Waals surface area (Å²) in [7, 11) is 0. The van der Waals surface area contributed by atoms with E-state index < -0.39 is 17.7 Å². The van der Waals surface area contributed by atoms with Crippen LogP contribution < -0.4 is 14.4 Å². The second-order valence-corrected chi connectivity index (χ2v) is 9.97. The van der Waals surface area contributed by atoms with E-state index in [4.69, 9.17) is 9.47 Å². The fraction of sp³-hybridized carbons (Fsp3) is 0.212. The quantitative estimate of drug-likeness (QED) is 0.155. The minimum atomic E-state index is -0.975. The summed E-state index contributed by atoms with van der Waals surface area (Å²) in [5, 5.41) is 23.6. The molecular weight excluding hydrogens is 506 g/mol. The molecule has 0 saturated carbocycles. The second-order valence-electron chi connectivity index (χ2n) is 9.97. The number of phenols is 1. The molecule has 1 atom stereocenters. The van der Waals surface area contributed by atoms with Gasteiger partial charge in [0.1, 0.15) is 11.5 Å². The number of hydrogen-bond acceptors (Lipinski definition) is 6. The first-order valence-corrected chi connectivity index (χ1v) is 13.2. The van der Waals surface area contributed by atoms with Gasteiger partial charge in [0.25, 0.3) is 11.7 Å². The molecule has 1 aliphatic heterocycles. The van der Waals surface area contributed by atoms with E-state index >= 15 is 0 Å². The number of phenolic OH excluding ortho intramolecular Hbond substituents is 1. The summed E-state index contributed by atoms with van der Waals surface area (Å²) < 4.78 is 11.4. The maximum Gasteiger partial charge on any atom is 0.300 e. The molecule has 2 N–H and O–H groups in total. The van der Waals surface area contributed by atoms with Crippen molar-refractivity contribution in [1.82, 2.24) is 0 Å². The van der Waals surface area contributed by atoms with Crippen LogP contribution in [0.3, 0.4) is 0 Å². The van der Waals surface area contributed by atoms with Crippen LogP contribution >= 0.6 is 0 Å². The van der Waals surface area contributed by atoms with E-state index in [1.165, 1.54) is 11.0 Å². The molecule has 0 aliphatic carbocycles. The highest BCUT2D eigenvalue weighted by atomic mass is 16.5. The number of fused-ring (bicyclic) bond motifs is 1. The molecule has 1 saturated heterocycles. The Hall–Kier alpha value is -4.78. The zero-order valence-corrected chi connectivity index (χ0v) is 22.8. The van der Waals surface area contributed by atoms with E-state index in [-0.39, 0.29) is 28.9 Å². The molecule has 5 rings (SSSR count). The molecule has 0 bridgehead atoms. The Balaban J connectivity index is 1.74. The Bertz CT molecular complexity index is 1650. The minimum Gasteiger partial charge on any atom is -0.507 e. The first-order valence-electron chi connectivity index (χ1n) is 13.2. The summed E-state index contributed by atoms with van der Waals surface area (Å²) in [6, 6.07) is 22.0. The number of aliphatic hydroxyl groups is 1. The summed E-state index contributed by atoms with van der Waals surface area (Å²) in [6.07, 6.45) is -0.0294. The predicted octanol–water partition coefficient (Wildman–Crippen LogP) is 6.67. The first kappa shape index (κ1) is 26.8. The van der Waals surface area contributed by atoms with Gasteiger partial charge in [-0.15, -0.1) is 0 Å². The third kappa shape index (κ3) is 4.75. The predicted molar refractivity (Wildman–Crippen MR) is 155 cm³/mol. The number of aromatic hydroxyl groups is 1. The van der Waals surface area contributed by atoms with Crippen LogP contribution in [0.1, 0.15) is 43.5 Å². The van der Waals surface area contributed by atoms with Crippen molar-refractivity contribution in [2.24, 2.45) is 0 Å². The Morgan fingerprint density at radius 1 is 0.950 bits per heavy atom. The van der Waals surface area contributed by atoms with Gasteiger partial charge in [0.15, 0.2) is 11.5 Å². The first-order chi connectivity index (χ1) is 19.2. The lowest BCUT2D eigenvalue weighted by molar-refractivity contribution is -0.132. The Kier molecular flexibility index (Phi) is 7.22. The number of Topliss-reactive ketones (excluding diaryl/α,β-unsaturated/α-hetero) is 1. The van der Waals surface area contributed by atoms with Crippen molar-refractivity contribution in [3.63, 3.8) is 0 Å². The van der Waals surface area contributed by atoms with E-state index in [0.717, 1.165) is 16.3 Å². The molecule has 7 heteroatoms. The normalized spacial score (nSPS) is 16.6. The van der Waals surface area contributed by atoms with Crippen molar-refractivity contribution in [2.45, 2.75) is 39.8 Å². The number of amides is 1. The highest BCUT2D eigenvalue weighted by molar-refractivity contribution is 6.52. The molecule has 0 radical (unpaired) electrons. The lowest BCUT2D eigenvalue weighted by Gasteiger charge is -2.27. The number of nitrogens with zero attached hydrogens (tertiary/aromatic N) is 1. The number of ether oxygens (including phenoxy) is 2. The number of aliphatic hydroxyl groups excluding tert-OH is 1. The third-order valence-electron chi connectivity index (χ3n) is 6.88. The largest absolute Gasteiger partial charge is 0.507 e. The lowest BCUT2D eigenvalue weighted by atomic mass is 9.94. The standard InChI is InChI=1S/C33H31NO6/c1-5-39-28-18-22(13-15-26(28)35)30-29(31(36)23-14-16-27(20(4)17-23)40-19(2)3)32(37)33(38)34(30)25-12-8-10-21-9-6-7-11-24(21)25/h6-19,30,35-36H,5H2,1-4H3/b31-29+. The molecule has 204 valence electrons. The zero-order chi connectivity index (χ0) is 28.6. The summed E-state index contributed by atoms with van der Waals surface area (Å²) in [4.78, 5) is 28.8. The Morgan fingerprint density at radius 3 is 2.42 bits per heavy atom. The van der Waals surface area contributed by atoms with Gasteiger partial charge in [-0.25, -0.2) is 0 Å². The second kappa shape index (κ2) is 10.8. The van der Waals surface area contributed by atoms with Crippen LogP contribution in [0.4, 0.5) is 5.69 Å². The number of carbonyl (C=O) groups is 2. The number of ketones is 1. The molecule has 1 aliphatic rings. The fourth-order valence-corrected chi connectivity index (χ4v) is 5.13. The van der Waals surface area contributed by atoms with Crippen LogP contribution in [0.5, 0.6) is 17.2 Å². The van der Waals surface area contributed by atoms with E-state index in [1.807, 2.05) is 57.2 Å². The highest BCUT2D eigenvalue weighted by Gasteiger charge is 2.47. The van der Waals surface area contributed by atoms with Crippen LogP contribution in [0.25, 0.3) is 16.5 Å². The molecular formula is C33H31NO6. The SMILES string of the molecule is CCOc1cc(C2/C(=C(\O)c3ccc(OC(C)C)c(C)c3)C(=O)C(=O)N2c2cccc3ccccc23)ccc1O. The lowest BCUT2D eigenvalue weighted by Crippen LogP contribution is -2.29. The minimum absolute atomic E-state index is 0.0294. The van der Waals surface area contributed by atoms with Gasteiger partial charge in [0.05, 0.1) is 30.0 Å². The maximum absolute atomic E-state index is 13.7.